The van der Waals surface area contributed by atoms with E-state index in [1.165, 1.54) is 23.5 Å². The van der Waals surface area contributed by atoms with Crippen LogP contribution in [0.4, 0.5) is 18.9 Å². The van der Waals surface area contributed by atoms with Crippen molar-refractivity contribution in [1.82, 2.24) is 10.3 Å². The first-order valence-electron chi connectivity index (χ1n) is 8.60. The average Bonchev–Trinajstić information content (AvgIpc) is 2.96. The van der Waals surface area contributed by atoms with Gasteiger partial charge in [-0.3, -0.25) is 4.79 Å². The van der Waals surface area contributed by atoms with Crippen LogP contribution in [-0.4, -0.2) is 23.8 Å². The van der Waals surface area contributed by atoms with Gasteiger partial charge in [0.15, 0.2) is 0 Å². The van der Waals surface area contributed by atoms with Gasteiger partial charge in [0, 0.05) is 36.3 Å². The fourth-order valence-corrected chi connectivity index (χ4v) is 4.24. The number of carbonyl (C=O) groups is 1. The van der Waals surface area contributed by atoms with Crippen LogP contribution in [0.1, 0.15) is 26.5 Å². The van der Waals surface area contributed by atoms with Crippen molar-refractivity contribution in [2.45, 2.75) is 26.3 Å². The number of aromatic nitrogens is 1. The molecular weight excluding hydrogens is 391 g/mol. The summed E-state index contributed by atoms with van der Waals surface area (Å²) in [5.41, 5.74) is 3.43. The molecule has 3 heterocycles. The second-order valence-corrected chi connectivity index (χ2v) is 7.46. The molecule has 4 rings (SSSR count). The molecule has 0 unspecified atom stereocenters. The van der Waals surface area contributed by atoms with Crippen LogP contribution in [0.3, 0.4) is 0 Å². The molecule has 0 radical (unpaired) electrons. The lowest BCUT2D eigenvalue weighted by Gasteiger charge is -2.15. The van der Waals surface area contributed by atoms with E-state index in [4.69, 9.17) is 4.98 Å². The number of fused-ring (bicyclic) bond motifs is 2. The van der Waals surface area contributed by atoms with E-state index in [0.717, 1.165) is 58.7 Å². The number of nitrogens with one attached hydrogen (secondary N) is 2. The number of aryl methyl sites for hydroxylation is 1. The van der Waals surface area contributed by atoms with Gasteiger partial charge in [-0.1, -0.05) is 0 Å². The number of carbonyl (C=O) groups excluding carboxylic acids is 1. The zero-order valence-corrected chi connectivity index (χ0v) is 15.6. The maximum atomic E-state index is 12.7. The third-order valence-electron chi connectivity index (χ3n) is 4.51. The van der Waals surface area contributed by atoms with Gasteiger partial charge in [-0.25, -0.2) is 4.98 Å². The van der Waals surface area contributed by atoms with E-state index < -0.39 is 6.36 Å². The average molecular weight is 407 g/mol. The summed E-state index contributed by atoms with van der Waals surface area (Å²) in [5, 5.41) is 6.97. The number of pyridine rings is 1. The molecule has 0 saturated heterocycles. The summed E-state index contributed by atoms with van der Waals surface area (Å²) in [4.78, 5) is 18.7. The number of benzene rings is 1. The van der Waals surface area contributed by atoms with Gasteiger partial charge in [0.05, 0.1) is 4.88 Å². The Kier molecular flexibility index (Phi) is 4.72. The largest absolute Gasteiger partial charge is 0.573 e. The first-order valence-corrected chi connectivity index (χ1v) is 9.41. The van der Waals surface area contributed by atoms with Crippen molar-refractivity contribution >= 4 is 33.1 Å². The van der Waals surface area contributed by atoms with E-state index in [1.54, 1.807) is 0 Å². The van der Waals surface area contributed by atoms with Gasteiger partial charge in [0.25, 0.3) is 5.91 Å². The molecule has 9 heteroatoms. The number of nitrogens with zero attached hydrogens (tertiary/aromatic N) is 1. The standard InChI is InChI=1S/C19H16F3N3O2S/c1-10-14-8-11-9-23-7-6-15(11)25-18(14)28-16(10)17(26)24-12-2-4-13(5-3-12)27-19(20,21)22/h2-5,8,23H,6-7,9H2,1H3,(H,24,26). The van der Waals surface area contributed by atoms with Crippen LogP contribution in [0.5, 0.6) is 5.75 Å². The highest BCUT2D eigenvalue weighted by atomic mass is 32.1. The minimum Gasteiger partial charge on any atom is -0.406 e. The summed E-state index contributed by atoms with van der Waals surface area (Å²) < 4.78 is 40.5. The molecule has 0 saturated carbocycles. The molecular formula is C19H16F3N3O2S. The van der Waals surface area contributed by atoms with Gasteiger partial charge in [-0.2, -0.15) is 0 Å². The number of hydrogen-bond donors (Lipinski definition) is 2. The zero-order valence-electron chi connectivity index (χ0n) is 14.8. The van der Waals surface area contributed by atoms with Gasteiger partial charge in [0.2, 0.25) is 0 Å². The van der Waals surface area contributed by atoms with Crippen molar-refractivity contribution in [3.8, 4) is 5.75 Å². The van der Waals surface area contributed by atoms with Gasteiger partial charge < -0.3 is 15.4 Å². The third-order valence-corrected chi connectivity index (χ3v) is 5.71. The molecule has 0 fully saturated rings. The highest BCUT2D eigenvalue weighted by Crippen LogP contribution is 2.32. The third kappa shape index (κ3) is 3.81. The first kappa shape index (κ1) is 18.7. The molecule has 1 aromatic carbocycles. The van der Waals surface area contributed by atoms with Crippen LogP contribution >= 0.6 is 11.3 Å². The van der Waals surface area contributed by atoms with Gasteiger partial charge in [-0.15, -0.1) is 24.5 Å². The molecule has 0 atom stereocenters. The topological polar surface area (TPSA) is 63.2 Å². The van der Waals surface area contributed by atoms with Crippen molar-refractivity contribution in [2.24, 2.45) is 0 Å². The Balaban J connectivity index is 1.56. The SMILES string of the molecule is Cc1c(C(=O)Nc2ccc(OC(F)(F)F)cc2)sc2nc3c(cc12)CNCC3. The lowest BCUT2D eigenvalue weighted by Crippen LogP contribution is -2.24. The van der Waals surface area contributed by atoms with Crippen LogP contribution in [0.25, 0.3) is 10.2 Å². The Bertz CT molecular complexity index is 1050. The maximum Gasteiger partial charge on any atom is 0.573 e. The van der Waals surface area contributed by atoms with Crippen LogP contribution in [0.15, 0.2) is 30.3 Å². The van der Waals surface area contributed by atoms with Crippen LogP contribution in [0.2, 0.25) is 0 Å². The van der Waals surface area contributed by atoms with Gasteiger partial charge in [-0.05, 0) is 48.4 Å². The Morgan fingerprint density at radius 2 is 2.04 bits per heavy atom. The van der Waals surface area contributed by atoms with Crippen molar-refractivity contribution in [3.05, 3.63) is 52.0 Å². The van der Waals surface area contributed by atoms with Crippen molar-refractivity contribution < 1.29 is 22.7 Å². The monoisotopic (exact) mass is 407 g/mol. The molecule has 146 valence electrons. The van der Waals surface area contributed by atoms with Crippen molar-refractivity contribution in [1.29, 1.82) is 0 Å². The molecule has 2 N–H and O–H groups in total. The Labute approximate surface area is 162 Å². The molecule has 2 aromatic heterocycles. The molecule has 0 spiro atoms. The lowest BCUT2D eigenvalue weighted by molar-refractivity contribution is -0.274. The number of anilines is 1. The molecule has 1 aliphatic heterocycles. The van der Waals surface area contributed by atoms with E-state index >= 15 is 0 Å². The number of halogens is 3. The number of ether oxygens (including phenoxy) is 1. The second kappa shape index (κ2) is 7.06. The summed E-state index contributed by atoms with van der Waals surface area (Å²) in [6.45, 7) is 3.52. The van der Waals surface area contributed by atoms with E-state index in [1.807, 2.05) is 6.92 Å². The minimum absolute atomic E-state index is 0.318. The van der Waals surface area contributed by atoms with Gasteiger partial charge in [0.1, 0.15) is 10.6 Å². The predicted octanol–water partition coefficient (Wildman–Crippen LogP) is 4.40. The van der Waals surface area contributed by atoms with Crippen molar-refractivity contribution in [2.75, 3.05) is 11.9 Å². The van der Waals surface area contributed by atoms with Crippen molar-refractivity contribution in [3.63, 3.8) is 0 Å². The summed E-state index contributed by atoms with van der Waals surface area (Å²) in [7, 11) is 0. The highest BCUT2D eigenvalue weighted by molar-refractivity contribution is 7.20. The Hall–Kier alpha value is -2.65. The van der Waals surface area contributed by atoms with Crippen LogP contribution in [-0.2, 0) is 13.0 Å². The quantitative estimate of drug-likeness (QED) is 0.676. The fraction of sp³-hybridized carbons (Fsp3) is 0.263. The molecule has 0 bridgehead atoms. The summed E-state index contributed by atoms with van der Waals surface area (Å²) >= 11 is 1.32. The lowest BCUT2D eigenvalue weighted by atomic mass is 10.0. The van der Waals surface area contributed by atoms with E-state index in [9.17, 15) is 18.0 Å². The maximum absolute atomic E-state index is 12.7. The molecule has 0 aliphatic carbocycles. The Morgan fingerprint density at radius 3 is 2.75 bits per heavy atom. The number of amides is 1. The smallest absolute Gasteiger partial charge is 0.406 e. The molecule has 28 heavy (non-hydrogen) atoms. The summed E-state index contributed by atoms with van der Waals surface area (Å²) in [5.74, 6) is -0.659. The minimum atomic E-state index is -4.75. The predicted molar refractivity (Wildman–Crippen MR) is 101 cm³/mol. The summed E-state index contributed by atoms with van der Waals surface area (Å²) in [6.07, 6.45) is -3.89. The zero-order chi connectivity index (χ0) is 19.9. The molecule has 5 nitrogen and oxygen atoms in total. The van der Waals surface area contributed by atoms with Crippen LogP contribution in [0, 0.1) is 6.92 Å². The second-order valence-electron chi connectivity index (χ2n) is 6.46. The molecule has 3 aromatic rings. The molecule has 1 amide bonds. The first-order chi connectivity index (χ1) is 13.3. The fourth-order valence-electron chi connectivity index (χ4n) is 3.16. The summed E-state index contributed by atoms with van der Waals surface area (Å²) in [6, 6.07) is 7.12. The molecule has 1 aliphatic rings. The number of rotatable bonds is 3. The van der Waals surface area contributed by atoms with Gasteiger partial charge >= 0.3 is 6.36 Å². The number of thiophene rings is 1. The number of alkyl halides is 3. The van der Waals surface area contributed by atoms with E-state index in [0.29, 0.717) is 10.6 Å². The highest BCUT2D eigenvalue weighted by Gasteiger charge is 2.31. The van der Waals surface area contributed by atoms with E-state index in [2.05, 4.69) is 21.4 Å². The van der Waals surface area contributed by atoms with E-state index in [-0.39, 0.29) is 11.7 Å². The number of hydrogen-bond acceptors (Lipinski definition) is 5. The Morgan fingerprint density at radius 1 is 1.29 bits per heavy atom. The normalized spacial score (nSPS) is 14.0. The van der Waals surface area contributed by atoms with Crippen LogP contribution < -0.4 is 15.4 Å².